The monoisotopic (exact) mass is 490 g/mol. The van der Waals surface area contributed by atoms with Crippen molar-refractivity contribution in [2.45, 2.75) is 82.4 Å². The second-order valence-electron chi connectivity index (χ2n) is 11.7. The fourth-order valence-electron chi connectivity index (χ4n) is 6.34. The summed E-state index contributed by atoms with van der Waals surface area (Å²) in [5.74, 6) is -1.88. The Balaban J connectivity index is 1.25. The van der Waals surface area contributed by atoms with Gasteiger partial charge >= 0.3 is 6.09 Å². The molecule has 2 aromatic heterocycles. The summed E-state index contributed by atoms with van der Waals surface area (Å²) < 4.78 is 37.1. The Morgan fingerprint density at radius 3 is 2.69 bits per heavy atom. The quantitative estimate of drug-likeness (QED) is 0.683. The lowest BCUT2D eigenvalue weighted by Crippen LogP contribution is -2.54. The lowest BCUT2D eigenvalue weighted by Gasteiger charge is -2.45. The van der Waals surface area contributed by atoms with Gasteiger partial charge in [0, 0.05) is 43.8 Å². The lowest BCUT2D eigenvalue weighted by molar-refractivity contribution is -0.00114. The van der Waals surface area contributed by atoms with E-state index in [1.54, 1.807) is 4.90 Å². The molecule has 5 rings (SSSR count). The van der Waals surface area contributed by atoms with Gasteiger partial charge in [0.2, 0.25) is 0 Å². The summed E-state index contributed by atoms with van der Waals surface area (Å²) in [5.41, 5.74) is 5.71. The van der Waals surface area contributed by atoms with E-state index in [-0.39, 0.29) is 25.1 Å². The van der Waals surface area contributed by atoms with Crippen LogP contribution in [-0.4, -0.2) is 73.7 Å². The number of ether oxygens (including phenoxy) is 1. The normalized spacial score (nSPS) is 26.6. The largest absolute Gasteiger partial charge is 0.444 e. The van der Waals surface area contributed by atoms with Crippen molar-refractivity contribution in [2.75, 3.05) is 31.9 Å². The first-order chi connectivity index (χ1) is 16.4. The highest BCUT2D eigenvalue weighted by atomic mass is 19.3. The van der Waals surface area contributed by atoms with Gasteiger partial charge in [-0.15, -0.1) is 0 Å². The maximum atomic E-state index is 14.7. The van der Waals surface area contributed by atoms with Crippen LogP contribution >= 0.6 is 0 Å². The average molecular weight is 491 g/mol. The third-order valence-corrected chi connectivity index (χ3v) is 7.95. The highest BCUT2D eigenvalue weighted by Crippen LogP contribution is 2.47. The number of anilines is 1. The smallest absolute Gasteiger partial charge is 0.410 e. The Hall–Kier alpha value is -2.49. The van der Waals surface area contributed by atoms with Gasteiger partial charge in [-0.05, 0) is 64.9 Å². The van der Waals surface area contributed by atoms with Crippen LogP contribution in [0, 0.1) is 5.92 Å². The van der Waals surface area contributed by atoms with E-state index in [1.807, 2.05) is 37.9 Å². The van der Waals surface area contributed by atoms with Crippen LogP contribution in [0.2, 0.25) is 0 Å². The Labute approximate surface area is 204 Å². The molecule has 0 bridgehead atoms. The van der Waals surface area contributed by atoms with Crippen molar-refractivity contribution in [3.8, 4) is 0 Å². The van der Waals surface area contributed by atoms with E-state index in [1.165, 1.54) is 6.33 Å². The van der Waals surface area contributed by atoms with Gasteiger partial charge in [0.25, 0.3) is 5.92 Å². The molecule has 3 aliphatic rings. The molecule has 35 heavy (non-hydrogen) atoms. The minimum Gasteiger partial charge on any atom is -0.444 e. The van der Waals surface area contributed by atoms with E-state index >= 15 is 0 Å². The van der Waals surface area contributed by atoms with Crippen LogP contribution in [-0.2, 0) is 4.74 Å². The van der Waals surface area contributed by atoms with Crippen LogP contribution in [0.4, 0.5) is 19.4 Å². The number of carbonyl (C=O) groups is 1. The average Bonchev–Trinajstić information content (AvgIpc) is 3.44. The molecular weight excluding hydrogens is 454 g/mol. The van der Waals surface area contributed by atoms with Crippen molar-refractivity contribution in [2.24, 2.45) is 5.92 Å². The number of hydrogen-bond acceptors (Lipinski definition) is 6. The number of alkyl halides is 2. The maximum Gasteiger partial charge on any atom is 0.410 e. The first-order valence-corrected chi connectivity index (χ1v) is 12.6. The SMILES string of the molecule is CC(C)(C)OC(=O)N1CCC2(CC1)CC(F)(F)CN2C[C@@H]1CC[C@H](n2ccc3c(N)ncnc32)C1. The number of fused-ring (bicyclic) bond motifs is 1. The first-order valence-electron chi connectivity index (χ1n) is 12.6. The number of carbonyl (C=O) groups excluding carboxylic acids is 1. The molecule has 2 atom stereocenters. The van der Waals surface area contributed by atoms with E-state index in [9.17, 15) is 13.6 Å². The molecule has 0 unspecified atom stereocenters. The Morgan fingerprint density at radius 1 is 1.23 bits per heavy atom. The van der Waals surface area contributed by atoms with Gasteiger partial charge in [-0.3, -0.25) is 4.90 Å². The summed E-state index contributed by atoms with van der Waals surface area (Å²) in [6, 6.07) is 2.23. The number of halogens is 2. The van der Waals surface area contributed by atoms with Gasteiger partial charge in [0.15, 0.2) is 0 Å². The first kappa shape index (κ1) is 24.2. The predicted octanol–water partition coefficient (Wildman–Crippen LogP) is 4.47. The highest BCUT2D eigenvalue weighted by molar-refractivity contribution is 5.86. The Bertz CT molecular complexity index is 1090. The van der Waals surface area contributed by atoms with Gasteiger partial charge in [-0.1, -0.05) is 0 Å². The summed E-state index contributed by atoms with van der Waals surface area (Å²) in [6.07, 6.45) is 7.03. The number of amides is 1. The third-order valence-electron chi connectivity index (χ3n) is 7.95. The fourth-order valence-corrected chi connectivity index (χ4v) is 6.34. The number of nitrogen functional groups attached to an aromatic ring is 1. The number of hydrogen-bond donors (Lipinski definition) is 1. The zero-order valence-electron chi connectivity index (χ0n) is 20.8. The fraction of sp³-hybridized carbons (Fsp3) is 0.720. The molecule has 0 aromatic carbocycles. The van der Waals surface area contributed by atoms with Gasteiger partial charge in [-0.2, -0.15) is 0 Å². The van der Waals surface area contributed by atoms with Crippen molar-refractivity contribution in [1.82, 2.24) is 24.3 Å². The molecule has 4 heterocycles. The molecule has 2 N–H and O–H groups in total. The topological polar surface area (TPSA) is 89.5 Å². The van der Waals surface area contributed by atoms with Crippen molar-refractivity contribution in [3.05, 3.63) is 18.6 Å². The second-order valence-corrected chi connectivity index (χ2v) is 11.7. The Kier molecular flexibility index (Phi) is 5.93. The van der Waals surface area contributed by atoms with Crippen molar-refractivity contribution >= 4 is 22.9 Å². The second kappa shape index (κ2) is 8.57. The van der Waals surface area contributed by atoms with Crippen LogP contribution < -0.4 is 5.73 Å². The summed E-state index contributed by atoms with van der Waals surface area (Å²) in [5, 5.41) is 0.853. The summed E-state index contributed by atoms with van der Waals surface area (Å²) in [6.45, 7) is 6.87. The van der Waals surface area contributed by atoms with E-state index in [0.29, 0.717) is 44.2 Å². The minimum atomic E-state index is -2.70. The molecule has 2 aromatic rings. The van der Waals surface area contributed by atoms with Gasteiger partial charge in [0.05, 0.1) is 11.9 Å². The third kappa shape index (κ3) is 4.81. The molecule has 2 saturated heterocycles. The molecule has 3 fully saturated rings. The number of rotatable bonds is 3. The molecule has 10 heteroatoms. The van der Waals surface area contributed by atoms with Crippen LogP contribution in [0.15, 0.2) is 18.6 Å². The predicted molar refractivity (Wildman–Crippen MR) is 129 cm³/mol. The van der Waals surface area contributed by atoms with Gasteiger partial charge in [0.1, 0.15) is 23.4 Å². The van der Waals surface area contributed by atoms with Crippen LogP contribution in [0.1, 0.15) is 65.3 Å². The zero-order valence-corrected chi connectivity index (χ0v) is 20.8. The molecule has 0 radical (unpaired) electrons. The van der Waals surface area contributed by atoms with Crippen LogP contribution in [0.5, 0.6) is 0 Å². The minimum absolute atomic E-state index is 0.128. The number of nitrogens with two attached hydrogens (primary N) is 1. The maximum absolute atomic E-state index is 14.7. The number of nitrogens with zero attached hydrogens (tertiary/aromatic N) is 5. The van der Waals surface area contributed by atoms with E-state index in [4.69, 9.17) is 10.5 Å². The molecule has 8 nitrogen and oxygen atoms in total. The number of piperidine rings is 1. The van der Waals surface area contributed by atoms with Gasteiger partial charge in [-0.25, -0.2) is 23.5 Å². The summed E-state index contributed by atoms with van der Waals surface area (Å²) in [7, 11) is 0. The summed E-state index contributed by atoms with van der Waals surface area (Å²) >= 11 is 0. The molecule has 1 amide bonds. The van der Waals surface area contributed by atoms with E-state index < -0.39 is 17.1 Å². The molecule has 1 saturated carbocycles. The highest BCUT2D eigenvalue weighted by Gasteiger charge is 2.56. The lowest BCUT2D eigenvalue weighted by atomic mass is 9.84. The van der Waals surface area contributed by atoms with E-state index in [2.05, 4.69) is 14.5 Å². The number of likely N-dealkylation sites (tertiary alicyclic amines) is 2. The number of aromatic nitrogens is 3. The molecule has 1 spiro atoms. The zero-order chi connectivity index (χ0) is 25.0. The van der Waals surface area contributed by atoms with Crippen LogP contribution in [0.3, 0.4) is 0 Å². The molecule has 2 aliphatic heterocycles. The Morgan fingerprint density at radius 2 is 1.97 bits per heavy atom. The van der Waals surface area contributed by atoms with Crippen molar-refractivity contribution in [1.29, 1.82) is 0 Å². The van der Waals surface area contributed by atoms with Gasteiger partial charge < -0.3 is 19.9 Å². The standard InChI is InChI=1S/C25H36F2N6O2/c1-23(2,3)35-22(34)31-10-7-24(8-11-31)14-25(26,27)15-32(24)13-17-4-5-18(12-17)33-9-6-19-20(28)29-16-30-21(19)33/h6,9,16-18H,4-5,7-8,10-15H2,1-3H3,(H2,28,29,30)/t17-,18+/m1/s1. The van der Waals surface area contributed by atoms with Crippen molar-refractivity contribution < 1.29 is 18.3 Å². The van der Waals surface area contributed by atoms with Crippen molar-refractivity contribution in [3.63, 3.8) is 0 Å². The molecular formula is C25H36F2N6O2. The van der Waals surface area contributed by atoms with E-state index in [0.717, 1.165) is 30.3 Å². The van der Waals surface area contributed by atoms with Crippen LogP contribution in [0.25, 0.3) is 11.0 Å². The molecule has 192 valence electrons. The molecule has 1 aliphatic carbocycles. The summed E-state index contributed by atoms with van der Waals surface area (Å²) in [4.78, 5) is 24.7.